The van der Waals surface area contributed by atoms with Crippen molar-refractivity contribution in [1.29, 1.82) is 5.41 Å². The molecule has 4 nitrogen and oxygen atoms in total. The quantitative estimate of drug-likeness (QED) is 0.582. The van der Waals surface area contributed by atoms with Crippen molar-refractivity contribution < 1.29 is 17.9 Å². The van der Waals surface area contributed by atoms with Gasteiger partial charge in [-0.1, -0.05) is 0 Å². The van der Waals surface area contributed by atoms with E-state index >= 15 is 0 Å². The van der Waals surface area contributed by atoms with Crippen LogP contribution >= 0.6 is 0 Å². The van der Waals surface area contributed by atoms with Gasteiger partial charge >= 0.3 is 6.18 Å². The third kappa shape index (κ3) is 3.64. The summed E-state index contributed by atoms with van der Waals surface area (Å²) in [5, 5.41) is 9.75. The number of alkyl halides is 3. The predicted octanol–water partition coefficient (Wildman–Crippen LogP) is 2.31. The highest BCUT2D eigenvalue weighted by Crippen LogP contribution is 2.26. The SMILES string of the molecule is CN/C(=C\C(=N)c1cc(N)ccc1OC)C(F)(F)F. The summed E-state index contributed by atoms with van der Waals surface area (Å²) in [5.74, 6) is 0.285. The predicted molar refractivity (Wildman–Crippen MR) is 67.4 cm³/mol. The van der Waals surface area contributed by atoms with Crippen molar-refractivity contribution in [2.45, 2.75) is 6.18 Å². The first-order valence-electron chi connectivity index (χ1n) is 5.28. The van der Waals surface area contributed by atoms with Gasteiger partial charge in [0.25, 0.3) is 0 Å². The summed E-state index contributed by atoms with van der Waals surface area (Å²) >= 11 is 0. The van der Waals surface area contributed by atoms with Crippen molar-refractivity contribution in [3.8, 4) is 5.75 Å². The lowest BCUT2D eigenvalue weighted by Gasteiger charge is -2.13. The van der Waals surface area contributed by atoms with Crippen LogP contribution in [-0.4, -0.2) is 26.0 Å². The largest absolute Gasteiger partial charge is 0.496 e. The molecule has 0 fully saturated rings. The minimum Gasteiger partial charge on any atom is -0.496 e. The van der Waals surface area contributed by atoms with Gasteiger partial charge < -0.3 is 21.2 Å². The van der Waals surface area contributed by atoms with Crippen LogP contribution in [0.15, 0.2) is 30.0 Å². The molecular formula is C12H14F3N3O. The fraction of sp³-hybridized carbons (Fsp3) is 0.250. The molecule has 4 N–H and O–H groups in total. The molecule has 0 aliphatic rings. The zero-order valence-corrected chi connectivity index (χ0v) is 10.4. The number of hydrogen-bond acceptors (Lipinski definition) is 4. The monoisotopic (exact) mass is 273 g/mol. The maximum absolute atomic E-state index is 12.6. The van der Waals surface area contributed by atoms with Crippen LogP contribution in [0.4, 0.5) is 18.9 Å². The fourth-order valence-electron chi connectivity index (χ4n) is 1.45. The molecule has 0 radical (unpaired) electrons. The summed E-state index contributed by atoms with van der Waals surface area (Å²) in [6, 6.07) is 4.43. The van der Waals surface area contributed by atoms with Crippen LogP contribution in [-0.2, 0) is 0 Å². The number of allylic oxidation sites excluding steroid dienone is 2. The van der Waals surface area contributed by atoms with Gasteiger partial charge in [0, 0.05) is 18.3 Å². The average molecular weight is 273 g/mol. The molecule has 0 atom stereocenters. The van der Waals surface area contributed by atoms with Crippen molar-refractivity contribution in [3.05, 3.63) is 35.5 Å². The van der Waals surface area contributed by atoms with Gasteiger partial charge in [0.05, 0.1) is 12.8 Å². The molecule has 1 aromatic carbocycles. The van der Waals surface area contributed by atoms with Crippen LogP contribution < -0.4 is 15.8 Å². The first-order valence-corrected chi connectivity index (χ1v) is 5.28. The van der Waals surface area contributed by atoms with Gasteiger partial charge in [-0.15, -0.1) is 0 Å². The summed E-state index contributed by atoms with van der Waals surface area (Å²) in [6.07, 6.45) is -3.86. The van der Waals surface area contributed by atoms with Gasteiger partial charge in [0.1, 0.15) is 11.4 Å². The summed E-state index contributed by atoms with van der Waals surface area (Å²) in [4.78, 5) is 0. The number of hydrogen-bond donors (Lipinski definition) is 3. The van der Waals surface area contributed by atoms with Crippen LogP contribution in [0.1, 0.15) is 5.56 Å². The number of ether oxygens (including phenoxy) is 1. The van der Waals surface area contributed by atoms with Crippen molar-refractivity contribution >= 4 is 11.4 Å². The normalized spacial score (nSPS) is 12.2. The second kappa shape index (κ2) is 5.64. The minimum absolute atomic E-state index is 0.194. The molecule has 0 aliphatic carbocycles. The number of nitrogens with two attached hydrogens (primary N) is 1. The van der Waals surface area contributed by atoms with E-state index in [1.54, 1.807) is 6.07 Å². The van der Waals surface area contributed by atoms with Crippen LogP contribution in [0.3, 0.4) is 0 Å². The lowest BCUT2D eigenvalue weighted by atomic mass is 10.1. The van der Waals surface area contributed by atoms with Crippen molar-refractivity contribution in [1.82, 2.24) is 5.32 Å². The van der Waals surface area contributed by atoms with Crippen LogP contribution in [0.2, 0.25) is 0 Å². The number of halogens is 3. The second-order valence-electron chi connectivity index (χ2n) is 3.68. The smallest absolute Gasteiger partial charge is 0.430 e. The highest BCUT2D eigenvalue weighted by atomic mass is 19.4. The molecule has 0 aliphatic heterocycles. The van der Waals surface area contributed by atoms with Crippen LogP contribution in [0.5, 0.6) is 5.75 Å². The summed E-state index contributed by atoms with van der Waals surface area (Å²) in [7, 11) is 2.51. The molecule has 0 spiro atoms. The molecule has 0 unspecified atom stereocenters. The third-order valence-corrected chi connectivity index (χ3v) is 2.38. The Morgan fingerprint density at radius 2 is 2.05 bits per heavy atom. The number of benzene rings is 1. The first kappa shape index (κ1) is 14.9. The molecule has 0 heterocycles. The topological polar surface area (TPSA) is 71.1 Å². The zero-order valence-electron chi connectivity index (χ0n) is 10.4. The standard InChI is InChI=1S/C12H14F3N3O/c1-18-11(12(13,14)15)6-9(17)8-5-7(16)3-4-10(8)19-2/h3-6,17-18H,16H2,1-2H3/b11-6-,17-9?. The van der Waals surface area contributed by atoms with E-state index in [1.165, 1.54) is 19.2 Å². The number of methoxy groups -OCH3 is 1. The highest BCUT2D eigenvalue weighted by molar-refractivity contribution is 6.09. The Labute approximate surface area is 108 Å². The van der Waals surface area contributed by atoms with E-state index in [-0.39, 0.29) is 17.0 Å². The Morgan fingerprint density at radius 3 is 2.53 bits per heavy atom. The van der Waals surface area contributed by atoms with Crippen molar-refractivity contribution in [2.75, 3.05) is 19.9 Å². The Morgan fingerprint density at radius 1 is 1.42 bits per heavy atom. The summed E-state index contributed by atoms with van der Waals surface area (Å²) < 4.78 is 42.7. The average Bonchev–Trinajstić information content (AvgIpc) is 2.34. The Kier molecular flexibility index (Phi) is 4.42. The number of rotatable bonds is 4. The van der Waals surface area contributed by atoms with E-state index in [0.717, 1.165) is 7.05 Å². The van der Waals surface area contributed by atoms with Gasteiger partial charge in [0.2, 0.25) is 0 Å². The number of nitrogens with one attached hydrogen (secondary N) is 2. The van der Waals surface area contributed by atoms with Gasteiger partial charge in [-0.2, -0.15) is 13.2 Å². The van der Waals surface area contributed by atoms with E-state index in [9.17, 15) is 13.2 Å². The van der Waals surface area contributed by atoms with Gasteiger partial charge in [-0.3, -0.25) is 0 Å². The van der Waals surface area contributed by atoms with Gasteiger partial charge in [-0.25, -0.2) is 0 Å². The van der Waals surface area contributed by atoms with Crippen molar-refractivity contribution in [2.24, 2.45) is 0 Å². The highest BCUT2D eigenvalue weighted by Gasteiger charge is 2.33. The molecule has 0 bridgehead atoms. The van der Waals surface area contributed by atoms with E-state index in [0.29, 0.717) is 11.8 Å². The molecule has 0 amide bonds. The Bertz CT molecular complexity index is 509. The molecule has 1 rings (SSSR count). The zero-order chi connectivity index (χ0) is 14.6. The fourth-order valence-corrected chi connectivity index (χ4v) is 1.45. The molecule has 0 aromatic heterocycles. The molecule has 104 valence electrons. The number of nitrogen functional groups attached to an aromatic ring is 1. The van der Waals surface area contributed by atoms with E-state index in [4.69, 9.17) is 15.9 Å². The van der Waals surface area contributed by atoms with E-state index in [1.807, 2.05) is 5.32 Å². The first-order chi connectivity index (χ1) is 8.79. The maximum atomic E-state index is 12.6. The molecule has 1 aromatic rings. The maximum Gasteiger partial charge on any atom is 0.430 e. The van der Waals surface area contributed by atoms with Gasteiger partial charge in [0.15, 0.2) is 0 Å². The minimum atomic E-state index is -4.55. The molecule has 0 saturated heterocycles. The molecule has 7 heteroatoms. The van der Waals surface area contributed by atoms with E-state index in [2.05, 4.69) is 0 Å². The number of anilines is 1. The van der Waals surface area contributed by atoms with Crippen LogP contribution in [0, 0.1) is 5.41 Å². The molecule has 0 saturated carbocycles. The van der Waals surface area contributed by atoms with Gasteiger partial charge in [-0.05, 0) is 24.3 Å². The lowest BCUT2D eigenvalue weighted by molar-refractivity contribution is -0.0958. The second-order valence-corrected chi connectivity index (χ2v) is 3.68. The Balaban J connectivity index is 3.20. The lowest BCUT2D eigenvalue weighted by Crippen LogP contribution is -2.24. The molecule has 19 heavy (non-hydrogen) atoms. The van der Waals surface area contributed by atoms with Crippen LogP contribution in [0.25, 0.3) is 0 Å². The summed E-state index contributed by atoms with van der Waals surface area (Å²) in [5.41, 5.74) is 4.74. The summed E-state index contributed by atoms with van der Waals surface area (Å²) in [6.45, 7) is 0. The van der Waals surface area contributed by atoms with Crippen molar-refractivity contribution in [3.63, 3.8) is 0 Å². The Hall–Kier alpha value is -2.18. The third-order valence-electron chi connectivity index (χ3n) is 2.38. The molecular weight excluding hydrogens is 259 g/mol. The van der Waals surface area contributed by atoms with E-state index < -0.39 is 11.9 Å².